The van der Waals surface area contributed by atoms with Gasteiger partial charge in [0.2, 0.25) is 0 Å². The maximum Gasteiger partial charge on any atom is 0.435 e. The number of tetrazole rings is 1. The largest absolute Gasteiger partial charge is 0.435 e. The van der Waals surface area contributed by atoms with Gasteiger partial charge in [0.15, 0.2) is 17.2 Å². The summed E-state index contributed by atoms with van der Waals surface area (Å²) in [4.78, 5) is 12.6. The zero-order chi connectivity index (χ0) is 23.0. The summed E-state index contributed by atoms with van der Waals surface area (Å²) in [6.45, 7) is 1.51. The second-order valence-corrected chi connectivity index (χ2v) is 6.43. The molecule has 1 amide bonds. The van der Waals surface area contributed by atoms with Gasteiger partial charge >= 0.3 is 6.18 Å². The predicted molar refractivity (Wildman–Crippen MR) is 98.1 cm³/mol. The average Bonchev–Trinajstić information content (AvgIpc) is 3.36. The quantitative estimate of drug-likeness (QED) is 0.480. The van der Waals surface area contributed by atoms with Crippen LogP contribution in [-0.4, -0.2) is 41.1 Å². The number of nitrogens with zero attached hydrogens (tertiary/aromatic N) is 7. The van der Waals surface area contributed by atoms with Crippen molar-refractivity contribution in [2.45, 2.75) is 13.1 Å². The summed E-state index contributed by atoms with van der Waals surface area (Å²) in [5, 5.41) is 19.6. The fourth-order valence-corrected chi connectivity index (χ4v) is 2.85. The van der Waals surface area contributed by atoms with Crippen LogP contribution in [0.2, 0.25) is 0 Å². The number of carbonyl (C=O) groups is 1. The minimum absolute atomic E-state index is 0.0363. The third-order valence-corrected chi connectivity index (χ3v) is 4.28. The Balaban J connectivity index is 1.70. The van der Waals surface area contributed by atoms with Gasteiger partial charge in [0.05, 0.1) is 5.69 Å². The summed E-state index contributed by atoms with van der Waals surface area (Å²) in [5.74, 6) is -2.38. The molecule has 2 heterocycles. The van der Waals surface area contributed by atoms with Crippen LogP contribution in [-0.2, 0) is 6.18 Å². The van der Waals surface area contributed by atoms with Crippen LogP contribution in [0, 0.1) is 18.6 Å². The van der Waals surface area contributed by atoms with E-state index < -0.39 is 35.1 Å². The van der Waals surface area contributed by atoms with Crippen LogP contribution in [0.4, 0.5) is 27.6 Å². The molecule has 0 unspecified atom stereocenters. The standard InChI is InChI=1S/C18H11F5N8O/c1-9-25-27-29-30(9)14-8-11(4-7-13(14)20)24-17(32)15-16(18(21,22)23)31(28-26-15)12-5-2-10(19)3-6-12/h2-8H,1H3,(H,24,32). The first-order valence-electron chi connectivity index (χ1n) is 8.80. The first-order chi connectivity index (χ1) is 15.1. The van der Waals surface area contributed by atoms with Crippen LogP contribution < -0.4 is 5.32 Å². The van der Waals surface area contributed by atoms with Gasteiger partial charge < -0.3 is 5.32 Å². The number of hydrogen-bond donors (Lipinski definition) is 1. The summed E-state index contributed by atoms with van der Waals surface area (Å²) in [6.07, 6.45) is -5.01. The fourth-order valence-electron chi connectivity index (χ4n) is 2.85. The van der Waals surface area contributed by atoms with E-state index in [2.05, 4.69) is 31.2 Å². The molecule has 0 saturated heterocycles. The van der Waals surface area contributed by atoms with E-state index in [4.69, 9.17) is 0 Å². The lowest BCUT2D eigenvalue weighted by Gasteiger charge is -2.12. The monoisotopic (exact) mass is 450 g/mol. The lowest BCUT2D eigenvalue weighted by molar-refractivity contribution is -0.143. The molecule has 4 aromatic rings. The first kappa shape index (κ1) is 21.0. The maximum absolute atomic E-state index is 14.2. The third-order valence-electron chi connectivity index (χ3n) is 4.28. The van der Waals surface area contributed by atoms with Gasteiger partial charge in [-0.3, -0.25) is 4.79 Å². The van der Waals surface area contributed by atoms with Gasteiger partial charge in [-0.2, -0.15) is 17.9 Å². The molecule has 2 aromatic carbocycles. The molecule has 1 N–H and O–H groups in total. The Morgan fingerprint density at radius 3 is 2.31 bits per heavy atom. The van der Waals surface area contributed by atoms with Crippen LogP contribution in [0.5, 0.6) is 0 Å². The molecule has 14 heteroatoms. The van der Waals surface area contributed by atoms with Crippen molar-refractivity contribution in [3.8, 4) is 11.4 Å². The number of benzene rings is 2. The Morgan fingerprint density at radius 1 is 0.969 bits per heavy atom. The number of hydrogen-bond acceptors (Lipinski definition) is 6. The number of carbonyl (C=O) groups excluding carboxylic acids is 1. The van der Waals surface area contributed by atoms with E-state index in [1.54, 1.807) is 0 Å². The number of anilines is 1. The van der Waals surface area contributed by atoms with E-state index in [1.165, 1.54) is 6.92 Å². The summed E-state index contributed by atoms with van der Waals surface area (Å²) in [5.41, 5.74) is -2.79. The average molecular weight is 450 g/mol. The molecule has 0 saturated carbocycles. The fraction of sp³-hybridized carbons (Fsp3) is 0.111. The van der Waals surface area contributed by atoms with Crippen molar-refractivity contribution in [1.82, 2.24) is 35.2 Å². The number of halogens is 5. The van der Waals surface area contributed by atoms with Crippen molar-refractivity contribution in [3.63, 3.8) is 0 Å². The minimum atomic E-state index is -5.01. The molecule has 0 aliphatic rings. The zero-order valence-electron chi connectivity index (χ0n) is 16.0. The predicted octanol–water partition coefficient (Wildman–Crippen LogP) is 3.10. The molecule has 4 rings (SSSR count). The number of aromatic nitrogens is 7. The van der Waals surface area contributed by atoms with E-state index in [1.807, 2.05) is 0 Å². The highest BCUT2D eigenvalue weighted by atomic mass is 19.4. The Labute approximate surface area is 175 Å². The Bertz CT molecular complexity index is 1300. The highest BCUT2D eigenvalue weighted by Crippen LogP contribution is 2.33. The van der Waals surface area contributed by atoms with Gasteiger partial charge in [-0.25, -0.2) is 13.5 Å². The topological polar surface area (TPSA) is 103 Å². The maximum atomic E-state index is 14.2. The van der Waals surface area contributed by atoms with Gasteiger partial charge in [-0.05, 0) is 59.8 Å². The summed E-state index contributed by atoms with van der Waals surface area (Å²) < 4.78 is 69.9. The molecule has 0 aliphatic heterocycles. The normalized spacial score (nSPS) is 11.6. The molecule has 9 nitrogen and oxygen atoms in total. The molecular formula is C18H11F5N8O. The molecule has 0 atom stereocenters. The molecule has 0 radical (unpaired) electrons. The zero-order valence-corrected chi connectivity index (χ0v) is 16.0. The number of aryl methyl sites for hydroxylation is 1. The Morgan fingerprint density at radius 2 is 1.69 bits per heavy atom. The van der Waals surface area contributed by atoms with Gasteiger partial charge in [0.25, 0.3) is 5.91 Å². The number of alkyl halides is 3. The van der Waals surface area contributed by atoms with Gasteiger partial charge in [-0.1, -0.05) is 5.21 Å². The highest BCUT2D eigenvalue weighted by molar-refractivity contribution is 6.03. The molecule has 0 bridgehead atoms. The smallest absolute Gasteiger partial charge is 0.320 e. The van der Waals surface area contributed by atoms with E-state index >= 15 is 0 Å². The number of nitrogens with one attached hydrogen (secondary N) is 1. The van der Waals surface area contributed by atoms with Crippen molar-refractivity contribution in [2.24, 2.45) is 0 Å². The van der Waals surface area contributed by atoms with E-state index in [-0.39, 0.29) is 22.9 Å². The molecule has 0 fully saturated rings. The third kappa shape index (κ3) is 3.89. The molecule has 2 aromatic heterocycles. The molecule has 164 valence electrons. The van der Waals surface area contributed by atoms with Crippen molar-refractivity contribution in [1.29, 1.82) is 0 Å². The van der Waals surface area contributed by atoms with Gasteiger partial charge in [0, 0.05) is 5.69 Å². The summed E-state index contributed by atoms with van der Waals surface area (Å²) in [6, 6.07) is 7.29. The lowest BCUT2D eigenvalue weighted by atomic mass is 10.2. The highest BCUT2D eigenvalue weighted by Gasteiger charge is 2.42. The molecular weight excluding hydrogens is 439 g/mol. The summed E-state index contributed by atoms with van der Waals surface area (Å²) in [7, 11) is 0. The van der Waals surface area contributed by atoms with Crippen LogP contribution in [0.3, 0.4) is 0 Å². The van der Waals surface area contributed by atoms with E-state index in [0.717, 1.165) is 47.1 Å². The van der Waals surface area contributed by atoms with Crippen LogP contribution in [0.1, 0.15) is 22.0 Å². The first-order valence-corrected chi connectivity index (χ1v) is 8.80. The SMILES string of the molecule is Cc1nnnn1-c1cc(NC(=O)c2nnn(-c3ccc(F)cc3)c2C(F)(F)F)ccc1F. The second-order valence-electron chi connectivity index (χ2n) is 6.43. The number of amides is 1. The van der Waals surface area contributed by atoms with Crippen LogP contribution in [0.15, 0.2) is 42.5 Å². The van der Waals surface area contributed by atoms with Gasteiger partial charge in [0.1, 0.15) is 17.3 Å². The minimum Gasteiger partial charge on any atom is -0.320 e. The van der Waals surface area contributed by atoms with Crippen molar-refractivity contribution < 1.29 is 26.7 Å². The Hall–Kier alpha value is -4.23. The Kier molecular flexibility index (Phi) is 5.12. The van der Waals surface area contributed by atoms with E-state index in [9.17, 15) is 26.7 Å². The van der Waals surface area contributed by atoms with Crippen molar-refractivity contribution in [3.05, 3.63) is 71.3 Å². The lowest BCUT2D eigenvalue weighted by Crippen LogP contribution is -2.21. The number of rotatable bonds is 4. The van der Waals surface area contributed by atoms with Gasteiger partial charge in [-0.15, -0.1) is 10.2 Å². The van der Waals surface area contributed by atoms with Crippen LogP contribution >= 0.6 is 0 Å². The second kappa shape index (κ2) is 7.79. The molecule has 32 heavy (non-hydrogen) atoms. The van der Waals surface area contributed by atoms with Crippen LogP contribution in [0.25, 0.3) is 11.4 Å². The molecule has 0 spiro atoms. The van der Waals surface area contributed by atoms with Crippen molar-refractivity contribution in [2.75, 3.05) is 5.32 Å². The summed E-state index contributed by atoms with van der Waals surface area (Å²) >= 11 is 0. The van der Waals surface area contributed by atoms with Crippen molar-refractivity contribution >= 4 is 11.6 Å². The van der Waals surface area contributed by atoms with E-state index in [0.29, 0.717) is 4.68 Å². The molecule has 0 aliphatic carbocycles.